The van der Waals surface area contributed by atoms with Gasteiger partial charge in [-0.25, -0.2) is 9.18 Å². The largest absolute Gasteiger partial charge is 0.478 e. The Kier molecular flexibility index (Phi) is 5.10. The molecule has 0 radical (unpaired) electrons. The smallest absolute Gasteiger partial charge is 0.338 e. The molecule has 0 saturated carbocycles. The van der Waals surface area contributed by atoms with Crippen LogP contribution in [0.1, 0.15) is 23.0 Å². The predicted molar refractivity (Wildman–Crippen MR) is 112 cm³/mol. The number of hydrogen-bond donors (Lipinski definition) is 1. The molecule has 8 heteroatoms. The Morgan fingerprint density at radius 2 is 2.10 bits per heavy atom. The number of halogens is 2. The molecule has 1 N–H and O–H groups in total. The van der Waals surface area contributed by atoms with Crippen molar-refractivity contribution in [2.24, 2.45) is 0 Å². The Morgan fingerprint density at radius 3 is 2.79 bits per heavy atom. The summed E-state index contributed by atoms with van der Waals surface area (Å²) in [6.45, 7) is 4.69. The first kappa shape index (κ1) is 19.5. The molecule has 4 aromatic rings. The maximum absolute atomic E-state index is 14.7. The fourth-order valence-corrected chi connectivity index (χ4v) is 4.58. The predicted octanol–water partition coefficient (Wildman–Crippen LogP) is 5.80. The average Bonchev–Trinajstić information content (AvgIpc) is 3.25. The SMILES string of the molecule is CCn1cc(-n2c(C)c(Sc3cccc(C(=O)O)c3F)c3ccc(Cl)cc32)cn1. The van der Waals surface area contributed by atoms with E-state index in [1.165, 1.54) is 17.8 Å². The van der Waals surface area contributed by atoms with Gasteiger partial charge in [0.15, 0.2) is 5.82 Å². The number of benzene rings is 2. The van der Waals surface area contributed by atoms with E-state index >= 15 is 0 Å². The van der Waals surface area contributed by atoms with E-state index in [1.807, 2.05) is 41.4 Å². The number of carboxylic acid groups (broad SMARTS) is 1. The van der Waals surface area contributed by atoms with Crippen molar-refractivity contribution in [3.8, 4) is 5.69 Å². The number of carbonyl (C=O) groups is 1. The van der Waals surface area contributed by atoms with E-state index in [2.05, 4.69) is 5.10 Å². The third-order valence-electron chi connectivity index (χ3n) is 4.72. The molecule has 2 heterocycles. The Morgan fingerprint density at radius 1 is 1.31 bits per heavy atom. The lowest BCUT2D eigenvalue weighted by Crippen LogP contribution is -2.01. The number of aromatic nitrogens is 3. The third-order valence-corrected chi connectivity index (χ3v) is 6.21. The first-order valence-corrected chi connectivity index (χ1v) is 10.1. The van der Waals surface area contributed by atoms with Crippen LogP contribution in [0, 0.1) is 12.7 Å². The minimum atomic E-state index is -1.29. The van der Waals surface area contributed by atoms with Crippen molar-refractivity contribution in [1.29, 1.82) is 0 Å². The zero-order valence-corrected chi connectivity index (χ0v) is 17.3. The summed E-state index contributed by atoms with van der Waals surface area (Å²) in [6.07, 6.45) is 3.71. The molecular formula is C21H17ClFN3O2S. The van der Waals surface area contributed by atoms with Gasteiger partial charge in [-0.2, -0.15) is 5.10 Å². The molecule has 0 bridgehead atoms. The van der Waals surface area contributed by atoms with Crippen molar-refractivity contribution in [3.63, 3.8) is 0 Å². The fourth-order valence-electron chi connectivity index (χ4n) is 3.33. The molecule has 4 rings (SSSR count). The van der Waals surface area contributed by atoms with Crippen molar-refractivity contribution in [2.75, 3.05) is 0 Å². The van der Waals surface area contributed by atoms with Gasteiger partial charge in [0.1, 0.15) is 0 Å². The van der Waals surface area contributed by atoms with E-state index in [-0.39, 0.29) is 10.5 Å². The van der Waals surface area contributed by atoms with E-state index in [0.717, 1.165) is 33.7 Å². The van der Waals surface area contributed by atoms with Gasteiger partial charge in [0.2, 0.25) is 0 Å². The molecule has 0 unspecified atom stereocenters. The quantitative estimate of drug-likeness (QED) is 0.435. The Hall–Kier alpha value is -2.77. The molecule has 0 saturated heterocycles. The normalized spacial score (nSPS) is 11.3. The van der Waals surface area contributed by atoms with Gasteiger partial charge in [-0.3, -0.25) is 4.68 Å². The summed E-state index contributed by atoms with van der Waals surface area (Å²) in [6, 6.07) is 9.94. The van der Waals surface area contributed by atoms with Crippen LogP contribution in [0.15, 0.2) is 58.6 Å². The molecule has 29 heavy (non-hydrogen) atoms. The summed E-state index contributed by atoms with van der Waals surface area (Å²) in [5.74, 6) is -2.03. The van der Waals surface area contributed by atoms with Gasteiger partial charge in [0.05, 0.1) is 23.0 Å². The average molecular weight is 430 g/mol. The molecule has 0 spiro atoms. The van der Waals surface area contributed by atoms with Crippen LogP contribution in [0.2, 0.25) is 5.02 Å². The van der Waals surface area contributed by atoms with Crippen LogP contribution in [0.4, 0.5) is 4.39 Å². The van der Waals surface area contributed by atoms with Crippen molar-refractivity contribution < 1.29 is 14.3 Å². The van der Waals surface area contributed by atoms with Crippen molar-refractivity contribution in [3.05, 3.63) is 70.9 Å². The summed E-state index contributed by atoms with van der Waals surface area (Å²) < 4.78 is 18.6. The van der Waals surface area contributed by atoms with Gasteiger partial charge >= 0.3 is 5.97 Å². The Balaban J connectivity index is 1.91. The van der Waals surface area contributed by atoms with Gasteiger partial charge in [-0.1, -0.05) is 35.5 Å². The monoisotopic (exact) mass is 429 g/mol. The second-order valence-corrected chi connectivity index (χ2v) is 7.98. The lowest BCUT2D eigenvalue weighted by molar-refractivity contribution is 0.0691. The fraction of sp³-hybridized carbons (Fsp3) is 0.143. The second-order valence-electron chi connectivity index (χ2n) is 6.49. The van der Waals surface area contributed by atoms with Crippen LogP contribution in [-0.4, -0.2) is 25.4 Å². The van der Waals surface area contributed by atoms with Crippen LogP contribution in [0.3, 0.4) is 0 Å². The van der Waals surface area contributed by atoms with E-state index in [1.54, 1.807) is 24.4 Å². The molecule has 148 valence electrons. The van der Waals surface area contributed by atoms with E-state index in [4.69, 9.17) is 11.6 Å². The van der Waals surface area contributed by atoms with Gasteiger partial charge in [-0.05, 0) is 38.1 Å². The minimum absolute atomic E-state index is 0.256. The Bertz CT molecular complexity index is 1250. The molecular weight excluding hydrogens is 413 g/mol. The number of fused-ring (bicyclic) bond motifs is 1. The Labute approximate surface area is 175 Å². The van der Waals surface area contributed by atoms with Crippen molar-refractivity contribution in [2.45, 2.75) is 30.2 Å². The van der Waals surface area contributed by atoms with Crippen LogP contribution < -0.4 is 0 Å². The lowest BCUT2D eigenvalue weighted by Gasteiger charge is -2.07. The minimum Gasteiger partial charge on any atom is -0.478 e. The first-order chi connectivity index (χ1) is 13.9. The van der Waals surface area contributed by atoms with Crippen LogP contribution in [-0.2, 0) is 6.54 Å². The molecule has 0 aliphatic rings. The number of nitrogens with zero attached hydrogens (tertiary/aromatic N) is 3. The maximum atomic E-state index is 14.7. The zero-order valence-electron chi connectivity index (χ0n) is 15.7. The zero-order chi connectivity index (χ0) is 20.7. The number of carboxylic acids is 1. The molecule has 0 fully saturated rings. The highest BCUT2D eigenvalue weighted by Gasteiger charge is 2.21. The first-order valence-electron chi connectivity index (χ1n) is 8.93. The van der Waals surface area contributed by atoms with Crippen molar-refractivity contribution >= 4 is 40.2 Å². The van der Waals surface area contributed by atoms with Crippen LogP contribution in [0.25, 0.3) is 16.6 Å². The number of aromatic carboxylic acids is 1. The summed E-state index contributed by atoms with van der Waals surface area (Å²) in [5.41, 5.74) is 2.30. The highest BCUT2D eigenvalue weighted by molar-refractivity contribution is 7.99. The highest BCUT2D eigenvalue weighted by Crippen LogP contribution is 2.41. The lowest BCUT2D eigenvalue weighted by atomic mass is 10.2. The summed E-state index contributed by atoms with van der Waals surface area (Å²) >= 11 is 7.45. The van der Waals surface area contributed by atoms with Gasteiger partial charge in [-0.15, -0.1) is 0 Å². The van der Waals surface area contributed by atoms with E-state index in [9.17, 15) is 14.3 Å². The maximum Gasteiger partial charge on any atom is 0.338 e. The number of rotatable bonds is 5. The molecule has 0 aliphatic carbocycles. The molecule has 5 nitrogen and oxygen atoms in total. The van der Waals surface area contributed by atoms with Gasteiger partial charge in [0.25, 0.3) is 0 Å². The summed E-state index contributed by atoms with van der Waals surface area (Å²) in [7, 11) is 0. The van der Waals surface area contributed by atoms with Gasteiger partial charge < -0.3 is 9.67 Å². The topological polar surface area (TPSA) is 60.0 Å². The third kappa shape index (κ3) is 3.41. The van der Waals surface area contributed by atoms with Crippen LogP contribution >= 0.6 is 23.4 Å². The molecule has 2 aromatic carbocycles. The van der Waals surface area contributed by atoms with Gasteiger partial charge in [0, 0.05) is 38.6 Å². The highest BCUT2D eigenvalue weighted by atomic mass is 35.5. The molecule has 0 amide bonds. The molecule has 0 aliphatic heterocycles. The second kappa shape index (κ2) is 7.57. The number of aryl methyl sites for hydroxylation is 1. The van der Waals surface area contributed by atoms with E-state index < -0.39 is 11.8 Å². The molecule has 0 atom stereocenters. The van der Waals surface area contributed by atoms with Crippen LogP contribution in [0.5, 0.6) is 0 Å². The summed E-state index contributed by atoms with van der Waals surface area (Å²) in [5, 5.41) is 15.1. The molecule has 2 aromatic heterocycles. The number of hydrogen-bond acceptors (Lipinski definition) is 3. The van der Waals surface area contributed by atoms with Crippen molar-refractivity contribution in [1.82, 2.24) is 14.3 Å². The summed E-state index contributed by atoms with van der Waals surface area (Å²) in [4.78, 5) is 12.4. The van der Waals surface area contributed by atoms with E-state index in [0.29, 0.717) is 5.02 Å². The standard InChI is InChI=1S/C21H17ClFN3O2S/c1-3-25-11-14(10-24-25)26-12(2)20(15-8-7-13(22)9-17(15)26)29-18-6-4-5-16(19(18)23)21(27)28/h4-11H,3H2,1-2H3,(H,27,28).